The first-order chi connectivity index (χ1) is 12.6. The lowest BCUT2D eigenvalue weighted by Gasteiger charge is -2.11. The molecule has 0 N–H and O–H groups in total. The van der Waals surface area contributed by atoms with Crippen LogP contribution in [0.3, 0.4) is 0 Å². The van der Waals surface area contributed by atoms with E-state index in [0.29, 0.717) is 11.5 Å². The number of aromatic nitrogens is 1. The van der Waals surface area contributed by atoms with Crippen LogP contribution in [0.15, 0.2) is 42.6 Å². The molecule has 2 heterocycles. The van der Waals surface area contributed by atoms with Crippen molar-refractivity contribution in [2.75, 3.05) is 34.4 Å². The number of pyridine rings is 1. The summed E-state index contributed by atoms with van der Waals surface area (Å²) in [7, 11) is 5.49. The Morgan fingerprint density at radius 2 is 1.96 bits per heavy atom. The lowest BCUT2D eigenvalue weighted by atomic mass is 10.0. The quantitative estimate of drug-likeness (QED) is 0.463. The van der Waals surface area contributed by atoms with Crippen molar-refractivity contribution in [2.45, 2.75) is 6.42 Å². The van der Waals surface area contributed by atoms with E-state index in [1.807, 2.05) is 50.5 Å². The van der Waals surface area contributed by atoms with E-state index in [-0.39, 0.29) is 5.97 Å². The zero-order valence-electron chi connectivity index (χ0n) is 15.2. The van der Waals surface area contributed by atoms with Crippen LogP contribution in [0, 0.1) is 0 Å². The van der Waals surface area contributed by atoms with Crippen LogP contribution in [0.2, 0.25) is 0 Å². The van der Waals surface area contributed by atoms with Crippen molar-refractivity contribution in [3.8, 4) is 16.9 Å². The van der Waals surface area contributed by atoms with Crippen LogP contribution in [0.25, 0.3) is 21.3 Å². The maximum atomic E-state index is 12.2. The van der Waals surface area contributed by atoms with Crippen molar-refractivity contribution >= 4 is 27.5 Å². The highest BCUT2D eigenvalue weighted by atomic mass is 32.1. The van der Waals surface area contributed by atoms with E-state index in [1.165, 1.54) is 18.4 Å². The number of thiophene rings is 1. The SMILES string of the molecule is COC(=O)c1sc2cccnc2c1-c1ccc(OCCCN(C)C)cc1. The van der Waals surface area contributed by atoms with Gasteiger partial charge in [0, 0.05) is 18.3 Å². The second kappa shape index (κ2) is 8.29. The number of hydrogen-bond acceptors (Lipinski definition) is 6. The van der Waals surface area contributed by atoms with Crippen molar-refractivity contribution in [3.63, 3.8) is 0 Å². The van der Waals surface area contributed by atoms with Gasteiger partial charge in [-0.1, -0.05) is 12.1 Å². The zero-order valence-corrected chi connectivity index (χ0v) is 16.0. The molecule has 0 aliphatic heterocycles. The Morgan fingerprint density at radius 1 is 1.19 bits per heavy atom. The molecule has 1 aromatic carbocycles. The van der Waals surface area contributed by atoms with Crippen LogP contribution >= 0.6 is 11.3 Å². The van der Waals surface area contributed by atoms with E-state index in [0.717, 1.165) is 40.1 Å². The molecular formula is C20H22N2O3S. The molecule has 26 heavy (non-hydrogen) atoms. The van der Waals surface area contributed by atoms with Crippen LogP contribution in [0.4, 0.5) is 0 Å². The fraction of sp³-hybridized carbons (Fsp3) is 0.300. The molecule has 0 saturated heterocycles. The Bertz CT molecular complexity index is 888. The summed E-state index contributed by atoms with van der Waals surface area (Å²) in [5.74, 6) is 0.478. The van der Waals surface area contributed by atoms with Gasteiger partial charge < -0.3 is 14.4 Å². The highest BCUT2D eigenvalue weighted by Gasteiger charge is 2.21. The predicted molar refractivity (Wildman–Crippen MR) is 105 cm³/mol. The Kier molecular flexibility index (Phi) is 5.85. The third-order valence-electron chi connectivity index (χ3n) is 3.98. The molecule has 2 aromatic heterocycles. The topological polar surface area (TPSA) is 51.7 Å². The molecular weight excluding hydrogens is 348 g/mol. The first-order valence-corrected chi connectivity index (χ1v) is 9.25. The maximum absolute atomic E-state index is 12.2. The van der Waals surface area contributed by atoms with E-state index in [1.54, 1.807) is 6.20 Å². The minimum absolute atomic E-state index is 0.341. The van der Waals surface area contributed by atoms with Gasteiger partial charge in [-0.25, -0.2) is 4.79 Å². The highest BCUT2D eigenvalue weighted by Crippen LogP contribution is 2.38. The van der Waals surface area contributed by atoms with Crippen molar-refractivity contribution in [1.29, 1.82) is 0 Å². The van der Waals surface area contributed by atoms with E-state index < -0.39 is 0 Å². The molecule has 0 atom stereocenters. The van der Waals surface area contributed by atoms with Crippen LogP contribution in [-0.4, -0.2) is 50.2 Å². The molecule has 0 amide bonds. The van der Waals surface area contributed by atoms with Gasteiger partial charge in [0.25, 0.3) is 0 Å². The summed E-state index contributed by atoms with van der Waals surface area (Å²) in [6.45, 7) is 1.67. The van der Waals surface area contributed by atoms with Gasteiger partial charge in [-0.15, -0.1) is 11.3 Å². The summed E-state index contributed by atoms with van der Waals surface area (Å²) in [4.78, 5) is 19.4. The van der Waals surface area contributed by atoms with Crippen molar-refractivity contribution < 1.29 is 14.3 Å². The molecule has 6 heteroatoms. The van der Waals surface area contributed by atoms with Gasteiger partial charge in [-0.3, -0.25) is 4.98 Å². The predicted octanol–water partition coefficient (Wildman–Crippen LogP) is 4.08. The van der Waals surface area contributed by atoms with E-state index in [4.69, 9.17) is 9.47 Å². The lowest BCUT2D eigenvalue weighted by Crippen LogP contribution is -2.15. The third kappa shape index (κ3) is 4.03. The smallest absolute Gasteiger partial charge is 0.348 e. The number of carbonyl (C=O) groups excluding carboxylic acids is 1. The number of methoxy groups -OCH3 is 1. The minimum atomic E-state index is -0.341. The highest BCUT2D eigenvalue weighted by molar-refractivity contribution is 7.21. The van der Waals surface area contributed by atoms with Crippen molar-refractivity contribution in [1.82, 2.24) is 9.88 Å². The minimum Gasteiger partial charge on any atom is -0.494 e. The first kappa shape index (κ1) is 18.4. The molecule has 0 unspecified atom stereocenters. The Hall–Kier alpha value is -2.44. The van der Waals surface area contributed by atoms with Gasteiger partial charge in [0.1, 0.15) is 10.6 Å². The lowest BCUT2D eigenvalue weighted by molar-refractivity contribution is 0.0607. The standard InChI is InChI=1S/C20H22N2O3S/c1-22(2)12-5-13-25-15-9-7-14(8-10-15)17-18-16(6-4-11-21-18)26-19(17)20(23)24-3/h4,6-11H,5,12-13H2,1-3H3. The molecule has 0 spiro atoms. The molecule has 3 aromatic rings. The summed E-state index contributed by atoms with van der Waals surface area (Å²) in [6.07, 6.45) is 2.71. The number of carbonyl (C=O) groups is 1. The Labute approximate surface area is 157 Å². The van der Waals surface area contributed by atoms with E-state index in [2.05, 4.69) is 9.88 Å². The number of benzene rings is 1. The van der Waals surface area contributed by atoms with Crippen molar-refractivity contribution in [2.24, 2.45) is 0 Å². The zero-order chi connectivity index (χ0) is 18.5. The van der Waals surface area contributed by atoms with Gasteiger partial charge in [-0.05, 0) is 50.3 Å². The molecule has 136 valence electrons. The molecule has 5 nitrogen and oxygen atoms in total. The first-order valence-electron chi connectivity index (χ1n) is 8.44. The summed E-state index contributed by atoms with van der Waals surface area (Å²) >= 11 is 1.40. The summed E-state index contributed by atoms with van der Waals surface area (Å²) in [5, 5.41) is 0. The molecule has 0 bridgehead atoms. The van der Waals surface area contributed by atoms with Crippen molar-refractivity contribution in [3.05, 3.63) is 47.5 Å². The van der Waals surface area contributed by atoms with Gasteiger partial charge >= 0.3 is 5.97 Å². The number of hydrogen-bond donors (Lipinski definition) is 0. The second-order valence-electron chi connectivity index (χ2n) is 6.18. The normalized spacial score (nSPS) is 11.1. The fourth-order valence-corrected chi connectivity index (χ4v) is 3.82. The Morgan fingerprint density at radius 3 is 2.65 bits per heavy atom. The maximum Gasteiger partial charge on any atom is 0.348 e. The molecule has 0 aliphatic rings. The van der Waals surface area contributed by atoms with E-state index in [9.17, 15) is 4.79 Å². The van der Waals surface area contributed by atoms with Gasteiger partial charge in [0.15, 0.2) is 0 Å². The number of rotatable bonds is 7. The van der Waals surface area contributed by atoms with Gasteiger partial charge in [0.05, 0.1) is 23.9 Å². The third-order valence-corrected chi connectivity index (χ3v) is 5.10. The number of esters is 1. The van der Waals surface area contributed by atoms with Crippen LogP contribution < -0.4 is 4.74 Å². The monoisotopic (exact) mass is 370 g/mol. The fourth-order valence-electron chi connectivity index (χ4n) is 2.72. The molecule has 0 radical (unpaired) electrons. The largest absolute Gasteiger partial charge is 0.494 e. The molecule has 0 saturated carbocycles. The summed E-state index contributed by atoms with van der Waals surface area (Å²) in [6, 6.07) is 11.6. The summed E-state index contributed by atoms with van der Waals surface area (Å²) < 4.78 is 11.7. The molecule has 0 aliphatic carbocycles. The van der Waals surface area contributed by atoms with Gasteiger partial charge in [-0.2, -0.15) is 0 Å². The van der Waals surface area contributed by atoms with Crippen LogP contribution in [-0.2, 0) is 4.74 Å². The number of fused-ring (bicyclic) bond motifs is 1. The van der Waals surface area contributed by atoms with E-state index >= 15 is 0 Å². The average molecular weight is 370 g/mol. The molecule has 0 fully saturated rings. The number of nitrogens with zero attached hydrogens (tertiary/aromatic N) is 2. The Balaban J connectivity index is 1.86. The molecule has 3 rings (SSSR count). The van der Waals surface area contributed by atoms with Gasteiger partial charge in [0.2, 0.25) is 0 Å². The average Bonchev–Trinajstić information content (AvgIpc) is 3.04. The second-order valence-corrected chi connectivity index (χ2v) is 7.23. The van der Waals surface area contributed by atoms with Crippen LogP contribution in [0.5, 0.6) is 5.75 Å². The number of ether oxygens (including phenoxy) is 2. The summed E-state index contributed by atoms with van der Waals surface area (Å²) in [5.41, 5.74) is 2.56. The van der Waals surface area contributed by atoms with Crippen LogP contribution in [0.1, 0.15) is 16.1 Å².